The van der Waals surface area contributed by atoms with Crippen LogP contribution in [0.2, 0.25) is 0 Å². The van der Waals surface area contributed by atoms with Crippen molar-refractivity contribution in [3.8, 4) is 51.6 Å². The number of fused-ring (bicyclic) bond motifs is 1. The van der Waals surface area contributed by atoms with Gasteiger partial charge in [0.2, 0.25) is 22.7 Å². The van der Waals surface area contributed by atoms with Crippen molar-refractivity contribution in [2.75, 3.05) is 28.4 Å². The molecule has 0 radical (unpaired) electrons. The smallest absolute Gasteiger partial charge is 0.239 e. The molecule has 0 fully saturated rings. The molecule has 0 amide bonds. The molecule has 0 saturated heterocycles. The van der Waals surface area contributed by atoms with Gasteiger partial charge < -0.3 is 38.7 Å². The van der Waals surface area contributed by atoms with E-state index < -0.39 is 16.9 Å². The highest BCUT2D eigenvalue weighted by Gasteiger charge is 2.25. The third kappa shape index (κ3) is 2.77. The van der Waals surface area contributed by atoms with E-state index in [0.717, 1.165) is 6.07 Å². The summed E-state index contributed by atoms with van der Waals surface area (Å²) in [5, 5.41) is 30.3. The lowest BCUT2D eigenvalue weighted by molar-refractivity contribution is 0.333. The van der Waals surface area contributed by atoms with E-state index in [-0.39, 0.29) is 51.0 Å². The maximum absolute atomic E-state index is 12.9. The van der Waals surface area contributed by atoms with Crippen LogP contribution in [0.3, 0.4) is 0 Å². The summed E-state index contributed by atoms with van der Waals surface area (Å²) in [6.45, 7) is 0. The number of phenolic OH excluding ortho intramolecular Hbond substituents is 3. The van der Waals surface area contributed by atoms with E-state index in [1.54, 1.807) is 0 Å². The maximum atomic E-state index is 12.9. The van der Waals surface area contributed by atoms with Crippen molar-refractivity contribution in [1.29, 1.82) is 0 Å². The first-order valence-electron chi connectivity index (χ1n) is 7.96. The van der Waals surface area contributed by atoms with Crippen LogP contribution in [0.25, 0.3) is 22.3 Å². The van der Waals surface area contributed by atoms with Crippen LogP contribution in [0, 0.1) is 0 Å². The molecule has 3 rings (SSSR count). The summed E-state index contributed by atoms with van der Waals surface area (Å²) < 4.78 is 26.1. The minimum Gasteiger partial charge on any atom is -0.504 e. The molecule has 1 heterocycles. The minimum atomic E-state index is -0.691. The number of hydrogen-bond acceptors (Lipinski definition) is 9. The fourth-order valence-corrected chi connectivity index (χ4v) is 2.94. The zero-order chi connectivity index (χ0) is 20.6. The summed E-state index contributed by atoms with van der Waals surface area (Å²) in [5.74, 6) is -1.47. The molecule has 0 aliphatic rings. The Bertz CT molecular complexity index is 1120. The van der Waals surface area contributed by atoms with E-state index in [0.29, 0.717) is 0 Å². The summed E-state index contributed by atoms with van der Waals surface area (Å²) in [4.78, 5) is 12.9. The third-order valence-electron chi connectivity index (χ3n) is 4.18. The van der Waals surface area contributed by atoms with Crippen molar-refractivity contribution in [3.63, 3.8) is 0 Å². The second-order valence-electron chi connectivity index (χ2n) is 5.68. The maximum Gasteiger partial charge on any atom is 0.239 e. The lowest BCUT2D eigenvalue weighted by Crippen LogP contribution is -2.08. The average Bonchev–Trinajstić information content (AvgIpc) is 2.66. The second kappa shape index (κ2) is 7.10. The normalized spacial score (nSPS) is 10.7. The van der Waals surface area contributed by atoms with E-state index in [1.807, 2.05) is 0 Å². The SMILES string of the molecule is COc1cc(-c2oc3cc(O)c(OC)c(O)c3c(=O)c2OC)cc(O)c1OC. The van der Waals surface area contributed by atoms with E-state index >= 15 is 0 Å². The monoisotopic (exact) mass is 390 g/mol. The van der Waals surface area contributed by atoms with Gasteiger partial charge in [0.15, 0.2) is 28.8 Å². The molecule has 2 aromatic carbocycles. The van der Waals surface area contributed by atoms with Gasteiger partial charge in [-0.05, 0) is 12.1 Å². The molecule has 3 N–H and O–H groups in total. The summed E-state index contributed by atoms with van der Waals surface area (Å²) in [5.41, 5.74) is -0.546. The van der Waals surface area contributed by atoms with E-state index in [9.17, 15) is 20.1 Å². The van der Waals surface area contributed by atoms with Gasteiger partial charge in [-0.3, -0.25) is 4.79 Å². The van der Waals surface area contributed by atoms with Crippen LogP contribution in [-0.2, 0) is 0 Å². The molecule has 9 nitrogen and oxygen atoms in total. The molecular formula is C19H18O9. The summed E-state index contributed by atoms with van der Waals surface area (Å²) >= 11 is 0. The molecule has 0 aliphatic carbocycles. The van der Waals surface area contributed by atoms with Crippen molar-refractivity contribution < 1.29 is 38.7 Å². The van der Waals surface area contributed by atoms with Crippen molar-refractivity contribution in [2.24, 2.45) is 0 Å². The molecule has 0 saturated carbocycles. The fraction of sp³-hybridized carbons (Fsp3) is 0.211. The number of phenols is 3. The predicted octanol–water partition coefficient (Wildman–Crippen LogP) is 2.61. The van der Waals surface area contributed by atoms with Crippen molar-refractivity contribution >= 4 is 11.0 Å². The predicted molar refractivity (Wildman–Crippen MR) is 99.1 cm³/mol. The molecule has 9 heteroatoms. The molecule has 148 valence electrons. The Hall–Kier alpha value is -3.75. The van der Waals surface area contributed by atoms with Gasteiger partial charge >= 0.3 is 0 Å². The summed E-state index contributed by atoms with van der Waals surface area (Å²) in [6, 6.07) is 3.92. The van der Waals surface area contributed by atoms with Gasteiger partial charge in [0.05, 0.1) is 28.4 Å². The van der Waals surface area contributed by atoms with Crippen LogP contribution in [0.5, 0.6) is 40.2 Å². The molecular weight excluding hydrogens is 372 g/mol. The highest BCUT2D eigenvalue weighted by Crippen LogP contribution is 2.45. The summed E-state index contributed by atoms with van der Waals surface area (Å²) in [6.07, 6.45) is 0. The van der Waals surface area contributed by atoms with Crippen molar-refractivity contribution in [3.05, 3.63) is 28.4 Å². The third-order valence-corrected chi connectivity index (χ3v) is 4.18. The first-order valence-corrected chi connectivity index (χ1v) is 7.96. The number of methoxy groups -OCH3 is 4. The van der Waals surface area contributed by atoms with Gasteiger partial charge in [0.1, 0.15) is 11.0 Å². The number of benzene rings is 2. The van der Waals surface area contributed by atoms with Crippen LogP contribution in [-0.4, -0.2) is 43.8 Å². The van der Waals surface area contributed by atoms with Gasteiger partial charge in [-0.2, -0.15) is 0 Å². The number of aromatic hydroxyl groups is 3. The van der Waals surface area contributed by atoms with Crippen LogP contribution in [0.1, 0.15) is 0 Å². The second-order valence-corrected chi connectivity index (χ2v) is 5.68. The minimum absolute atomic E-state index is 0.0415. The molecule has 0 aliphatic heterocycles. The Labute approximate surface area is 158 Å². The van der Waals surface area contributed by atoms with E-state index in [1.165, 1.54) is 40.6 Å². The Morgan fingerprint density at radius 1 is 0.786 bits per heavy atom. The molecule has 0 atom stereocenters. The topological polar surface area (TPSA) is 128 Å². The van der Waals surface area contributed by atoms with Crippen molar-refractivity contribution in [2.45, 2.75) is 0 Å². The molecule has 28 heavy (non-hydrogen) atoms. The van der Waals surface area contributed by atoms with Crippen LogP contribution >= 0.6 is 0 Å². The molecule has 0 spiro atoms. The highest BCUT2D eigenvalue weighted by molar-refractivity contribution is 5.91. The van der Waals surface area contributed by atoms with Crippen LogP contribution < -0.4 is 24.4 Å². The van der Waals surface area contributed by atoms with E-state index in [4.69, 9.17) is 23.4 Å². The largest absolute Gasteiger partial charge is 0.504 e. The summed E-state index contributed by atoms with van der Waals surface area (Å²) in [7, 11) is 5.25. The molecule has 3 aromatic rings. The lowest BCUT2D eigenvalue weighted by atomic mass is 10.1. The van der Waals surface area contributed by atoms with Gasteiger partial charge in [-0.1, -0.05) is 0 Å². The Balaban J connectivity index is 2.40. The lowest BCUT2D eigenvalue weighted by Gasteiger charge is -2.14. The quantitative estimate of drug-likeness (QED) is 0.602. The highest BCUT2D eigenvalue weighted by atomic mass is 16.5. The standard InChI is InChI=1S/C19H18O9/c1-24-12-6-8(5-9(20)17(12)25-2)16-19(27-4)15(23)13-11(28-16)7-10(21)18(26-3)14(13)22/h5-7,20-22H,1-4H3. The molecule has 1 aromatic heterocycles. The average molecular weight is 390 g/mol. The van der Waals surface area contributed by atoms with Crippen molar-refractivity contribution in [1.82, 2.24) is 0 Å². The number of ether oxygens (including phenoxy) is 4. The van der Waals surface area contributed by atoms with Crippen LogP contribution in [0.15, 0.2) is 27.4 Å². The molecule has 0 bridgehead atoms. The van der Waals surface area contributed by atoms with Crippen LogP contribution in [0.4, 0.5) is 0 Å². The Morgan fingerprint density at radius 3 is 1.96 bits per heavy atom. The first-order chi connectivity index (χ1) is 13.4. The fourth-order valence-electron chi connectivity index (χ4n) is 2.94. The zero-order valence-corrected chi connectivity index (χ0v) is 15.5. The van der Waals surface area contributed by atoms with E-state index in [2.05, 4.69) is 0 Å². The van der Waals surface area contributed by atoms with Gasteiger partial charge in [-0.15, -0.1) is 0 Å². The number of hydrogen-bond donors (Lipinski definition) is 3. The Kier molecular flexibility index (Phi) is 4.83. The molecule has 0 unspecified atom stereocenters. The zero-order valence-electron chi connectivity index (χ0n) is 15.5. The Morgan fingerprint density at radius 2 is 1.39 bits per heavy atom. The number of rotatable bonds is 5. The first kappa shape index (κ1) is 19.0. The van der Waals surface area contributed by atoms with Gasteiger partial charge in [-0.25, -0.2) is 0 Å². The van der Waals surface area contributed by atoms with Gasteiger partial charge in [0, 0.05) is 11.6 Å². The van der Waals surface area contributed by atoms with Gasteiger partial charge in [0.25, 0.3) is 0 Å².